The summed E-state index contributed by atoms with van der Waals surface area (Å²) in [6.45, 7) is 4.59. The molecule has 152 valence electrons. The highest BCUT2D eigenvalue weighted by Crippen LogP contribution is 2.76. The maximum absolute atomic E-state index is 12.3. The number of amides is 1. The number of fused-ring (bicyclic) bond motifs is 2. The SMILES string of the molecule is CCCC(=O)N[C@H]1CC2(CCN([C@@H]3CC45C[C@H]4CC[C@@H]35)CC2)c2ccccc21.[HH]. The van der Waals surface area contributed by atoms with Crippen LogP contribution in [0.3, 0.4) is 0 Å². The number of rotatable bonds is 4. The van der Waals surface area contributed by atoms with Gasteiger partial charge in [0.15, 0.2) is 0 Å². The number of benzene rings is 1. The van der Waals surface area contributed by atoms with Crippen LogP contribution in [0.15, 0.2) is 24.3 Å². The number of nitrogens with zero attached hydrogens (tertiary/aromatic N) is 1. The van der Waals surface area contributed by atoms with Gasteiger partial charge < -0.3 is 10.2 Å². The summed E-state index contributed by atoms with van der Waals surface area (Å²) in [5, 5.41) is 3.35. The van der Waals surface area contributed by atoms with Gasteiger partial charge in [0.2, 0.25) is 5.91 Å². The van der Waals surface area contributed by atoms with Crippen LogP contribution in [0.4, 0.5) is 0 Å². The Bertz CT molecular complexity index is 800. The zero-order valence-corrected chi connectivity index (χ0v) is 17.3. The van der Waals surface area contributed by atoms with Crippen molar-refractivity contribution in [2.45, 2.75) is 82.2 Å². The minimum Gasteiger partial charge on any atom is -0.349 e. The third kappa shape index (κ3) is 2.35. The fourth-order valence-corrected chi connectivity index (χ4v) is 7.92. The Labute approximate surface area is 170 Å². The van der Waals surface area contributed by atoms with Crippen molar-refractivity contribution < 1.29 is 6.22 Å². The second-order valence-corrected chi connectivity index (χ2v) is 10.6. The molecule has 5 atom stereocenters. The van der Waals surface area contributed by atoms with Crippen molar-refractivity contribution in [3.63, 3.8) is 0 Å². The maximum atomic E-state index is 12.3. The smallest absolute Gasteiger partial charge is 0.220 e. The molecular formula is C25H36N2O. The monoisotopic (exact) mass is 380 g/mol. The third-order valence-electron chi connectivity index (χ3n) is 9.44. The van der Waals surface area contributed by atoms with Gasteiger partial charge in [-0.2, -0.15) is 0 Å². The van der Waals surface area contributed by atoms with E-state index in [0.717, 1.165) is 36.1 Å². The van der Waals surface area contributed by atoms with E-state index >= 15 is 0 Å². The Morgan fingerprint density at radius 2 is 2.00 bits per heavy atom. The second-order valence-electron chi connectivity index (χ2n) is 10.6. The molecule has 0 bridgehead atoms. The molecule has 1 amide bonds. The lowest BCUT2D eigenvalue weighted by molar-refractivity contribution is -0.121. The zero-order valence-electron chi connectivity index (χ0n) is 17.3. The molecule has 28 heavy (non-hydrogen) atoms. The van der Waals surface area contributed by atoms with E-state index in [0.29, 0.717) is 6.42 Å². The summed E-state index contributed by atoms with van der Waals surface area (Å²) in [5.41, 5.74) is 4.04. The predicted molar refractivity (Wildman–Crippen MR) is 113 cm³/mol. The summed E-state index contributed by atoms with van der Waals surface area (Å²) < 4.78 is 0. The quantitative estimate of drug-likeness (QED) is 0.812. The van der Waals surface area contributed by atoms with E-state index in [1.54, 1.807) is 6.42 Å². The zero-order chi connectivity index (χ0) is 18.9. The summed E-state index contributed by atoms with van der Waals surface area (Å²) in [6.07, 6.45) is 11.3. The fraction of sp³-hybridized carbons (Fsp3) is 0.720. The van der Waals surface area contributed by atoms with Crippen LogP contribution in [0.1, 0.15) is 83.3 Å². The van der Waals surface area contributed by atoms with Crippen molar-refractivity contribution in [1.29, 1.82) is 0 Å². The first-order valence-corrected chi connectivity index (χ1v) is 11.8. The molecular weight excluding hydrogens is 344 g/mol. The molecule has 4 fully saturated rings. The van der Waals surface area contributed by atoms with Crippen molar-refractivity contribution in [3.8, 4) is 0 Å². The molecule has 6 rings (SSSR count). The number of hydrogen-bond acceptors (Lipinski definition) is 2. The second kappa shape index (κ2) is 6.08. The van der Waals surface area contributed by atoms with Gasteiger partial charge in [0.1, 0.15) is 0 Å². The minimum absolute atomic E-state index is 0. The van der Waals surface area contributed by atoms with Crippen LogP contribution in [0.25, 0.3) is 0 Å². The molecule has 3 nitrogen and oxygen atoms in total. The van der Waals surface area contributed by atoms with Crippen LogP contribution in [-0.2, 0) is 10.2 Å². The van der Waals surface area contributed by atoms with E-state index in [1.807, 2.05) is 0 Å². The molecule has 1 N–H and O–H groups in total. The van der Waals surface area contributed by atoms with E-state index in [1.165, 1.54) is 56.3 Å². The van der Waals surface area contributed by atoms with Gasteiger partial charge in [-0.15, -0.1) is 0 Å². The molecule has 1 saturated heterocycles. The number of carbonyl (C=O) groups excluding carboxylic acids is 1. The molecule has 3 heteroatoms. The van der Waals surface area contributed by atoms with Crippen molar-refractivity contribution in [1.82, 2.24) is 10.2 Å². The van der Waals surface area contributed by atoms with Crippen LogP contribution in [0.2, 0.25) is 0 Å². The number of likely N-dealkylation sites (tertiary alicyclic amines) is 1. The number of nitrogens with one attached hydrogen (secondary N) is 1. The number of piperidine rings is 1. The minimum atomic E-state index is 0. The molecule has 1 aromatic rings. The highest BCUT2D eigenvalue weighted by atomic mass is 16.1. The van der Waals surface area contributed by atoms with Gasteiger partial charge in [0.05, 0.1) is 6.04 Å². The van der Waals surface area contributed by atoms with E-state index in [9.17, 15) is 4.79 Å². The first-order valence-electron chi connectivity index (χ1n) is 11.8. The predicted octanol–water partition coefficient (Wildman–Crippen LogP) is 4.82. The van der Waals surface area contributed by atoms with Gasteiger partial charge in [-0.1, -0.05) is 31.2 Å². The average molecular weight is 381 g/mol. The lowest BCUT2D eigenvalue weighted by atomic mass is 9.65. The van der Waals surface area contributed by atoms with E-state index in [-0.39, 0.29) is 18.8 Å². The summed E-state index contributed by atoms with van der Waals surface area (Å²) in [4.78, 5) is 15.1. The number of carbonyl (C=O) groups is 1. The lowest BCUT2D eigenvalue weighted by Crippen LogP contribution is -2.56. The highest BCUT2D eigenvalue weighted by molar-refractivity contribution is 5.76. The van der Waals surface area contributed by atoms with Gasteiger partial charge in [-0.3, -0.25) is 4.79 Å². The Kier molecular flexibility index (Phi) is 3.80. The van der Waals surface area contributed by atoms with Gasteiger partial charge >= 0.3 is 0 Å². The van der Waals surface area contributed by atoms with Crippen molar-refractivity contribution in [3.05, 3.63) is 35.4 Å². The van der Waals surface area contributed by atoms with Crippen LogP contribution in [0, 0.1) is 17.3 Å². The Morgan fingerprint density at radius 3 is 2.75 bits per heavy atom. The van der Waals surface area contributed by atoms with Crippen molar-refractivity contribution in [2.75, 3.05) is 13.1 Å². The van der Waals surface area contributed by atoms with Crippen molar-refractivity contribution in [2.24, 2.45) is 17.3 Å². The molecule has 1 heterocycles. The standard InChI is InChI=1S/C25H34N2O.H2/c1-2-5-23(28)26-21-15-24(19-7-4-3-6-18(19)21)10-12-27(13-11-24)22-16-25-14-17(25)8-9-20(22)25;/h3-4,6-7,17,20-22H,2,5,8-16H2,1H3,(H,26,28);1H/t17-,20+,21+,22-,25?;/m1./s1. The third-order valence-corrected chi connectivity index (χ3v) is 9.44. The van der Waals surface area contributed by atoms with E-state index in [2.05, 4.69) is 41.4 Å². The van der Waals surface area contributed by atoms with Gasteiger partial charge in [0.25, 0.3) is 0 Å². The lowest BCUT2D eigenvalue weighted by Gasteiger charge is -2.53. The summed E-state index contributed by atoms with van der Waals surface area (Å²) in [5.74, 6) is 2.36. The summed E-state index contributed by atoms with van der Waals surface area (Å²) in [7, 11) is 0. The molecule has 1 aliphatic heterocycles. The van der Waals surface area contributed by atoms with Gasteiger partial charge in [-0.05, 0) is 92.8 Å². The van der Waals surface area contributed by atoms with Gasteiger partial charge in [-0.25, -0.2) is 0 Å². The maximum Gasteiger partial charge on any atom is 0.220 e. The molecule has 0 aromatic heterocycles. The molecule has 5 aliphatic rings. The Hall–Kier alpha value is -1.35. The molecule has 0 radical (unpaired) electrons. The largest absolute Gasteiger partial charge is 0.349 e. The van der Waals surface area contributed by atoms with Crippen molar-refractivity contribution >= 4 is 5.91 Å². The van der Waals surface area contributed by atoms with Crippen LogP contribution in [0.5, 0.6) is 0 Å². The van der Waals surface area contributed by atoms with Crippen LogP contribution < -0.4 is 5.32 Å². The molecule has 2 spiro atoms. The Morgan fingerprint density at radius 1 is 1.18 bits per heavy atom. The first kappa shape index (κ1) is 17.5. The number of hydrogen-bond donors (Lipinski definition) is 1. The van der Waals surface area contributed by atoms with E-state index in [4.69, 9.17) is 0 Å². The average Bonchev–Trinajstić information content (AvgIpc) is 3.27. The normalized spacial score (nSPS) is 39.8. The topological polar surface area (TPSA) is 32.3 Å². The molecule has 3 saturated carbocycles. The van der Waals surface area contributed by atoms with Crippen LogP contribution in [-0.4, -0.2) is 29.9 Å². The molecule has 4 aliphatic carbocycles. The highest BCUT2D eigenvalue weighted by Gasteiger charge is 2.71. The summed E-state index contributed by atoms with van der Waals surface area (Å²) in [6, 6.07) is 10.1. The fourth-order valence-electron chi connectivity index (χ4n) is 7.92. The van der Waals surface area contributed by atoms with E-state index < -0.39 is 0 Å². The Balaban J connectivity index is 0.00000181. The molecule has 1 aromatic carbocycles. The summed E-state index contributed by atoms with van der Waals surface area (Å²) >= 11 is 0. The van der Waals surface area contributed by atoms with Crippen LogP contribution >= 0.6 is 0 Å². The van der Waals surface area contributed by atoms with Gasteiger partial charge in [0, 0.05) is 19.3 Å². The first-order chi connectivity index (χ1) is 13.7. The molecule has 1 unspecified atom stereocenters.